The van der Waals surface area contributed by atoms with Gasteiger partial charge in [0.2, 0.25) is 0 Å². The average molecular weight is 217 g/mol. The lowest BCUT2D eigenvalue weighted by Gasteiger charge is -2.13. The van der Waals surface area contributed by atoms with Gasteiger partial charge < -0.3 is 5.32 Å². The number of hydrogen-bond acceptors (Lipinski definition) is 1. The molecule has 0 aromatic heterocycles. The molecule has 0 heterocycles. The number of fused-ring (bicyclic) bond motifs is 1. The summed E-state index contributed by atoms with van der Waals surface area (Å²) in [4.78, 5) is 0. The molecule has 0 bridgehead atoms. The van der Waals surface area contributed by atoms with Crippen LogP contribution in [0.15, 0.2) is 24.3 Å². The van der Waals surface area contributed by atoms with E-state index >= 15 is 0 Å². The highest BCUT2D eigenvalue weighted by atomic mass is 14.9. The Balaban J connectivity index is 1.75. The molecular formula is C15H23N. The lowest BCUT2D eigenvalue weighted by atomic mass is 10.1. The summed E-state index contributed by atoms with van der Waals surface area (Å²) >= 11 is 0. The molecule has 0 fully saturated rings. The standard InChI is InChI=1S/C15H23N/c1-3-12(2)10-16-11-13-8-14-6-4-5-7-15(14)9-13/h4-7,12-13,16H,3,8-11H2,1-2H3. The van der Waals surface area contributed by atoms with Crippen molar-refractivity contribution in [3.63, 3.8) is 0 Å². The zero-order valence-electron chi connectivity index (χ0n) is 10.5. The second-order valence-corrected chi connectivity index (χ2v) is 5.21. The van der Waals surface area contributed by atoms with Crippen LogP contribution in [0.4, 0.5) is 0 Å². The minimum Gasteiger partial charge on any atom is -0.316 e. The Morgan fingerprint density at radius 3 is 2.44 bits per heavy atom. The van der Waals surface area contributed by atoms with Crippen molar-refractivity contribution < 1.29 is 0 Å². The molecule has 0 saturated carbocycles. The number of nitrogens with one attached hydrogen (secondary N) is 1. The molecule has 0 amide bonds. The molecule has 1 unspecified atom stereocenters. The second-order valence-electron chi connectivity index (χ2n) is 5.21. The molecule has 1 aliphatic rings. The average Bonchev–Trinajstić information content (AvgIpc) is 2.71. The Hall–Kier alpha value is -0.820. The van der Waals surface area contributed by atoms with Crippen molar-refractivity contribution in [1.29, 1.82) is 0 Å². The smallest absolute Gasteiger partial charge is 0.00140 e. The van der Waals surface area contributed by atoms with E-state index in [2.05, 4.69) is 43.4 Å². The highest BCUT2D eigenvalue weighted by molar-refractivity contribution is 5.32. The molecule has 1 atom stereocenters. The summed E-state index contributed by atoms with van der Waals surface area (Å²) in [7, 11) is 0. The van der Waals surface area contributed by atoms with Crippen LogP contribution in [0.2, 0.25) is 0 Å². The highest BCUT2D eigenvalue weighted by Gasteiger charge is 2.20. The third-order valence-electron chi connectivity index (χ3n) is 3.76. The molecule has 1 aromatic carbocycles. The zero-order chi connectivity index (χ0) is 11.4. The molecule has 0 saturated heterocycles. The van der Waals surface area contributed by atoms with Crippen LogP contribution in [0.1, 0.15) is 31.4 Å². The Labute approximate surface area is 99.3 Å². The summed E-state index contributed by atoms with van der Waals surface area (Å²) in [5.41, 5.74) is 3.13. The molecule has 16 heavy (non-hydrogen) atoms. The minimum atomic E-state index is 0.809. The summed E-state index contributed by atoms with van der Waals surface area (Å²) in [6.07, 6.45) is 3.81. The van der Waals surface area contributed by atoms with Gasteiger partial charge in [-0.25, -0.2) is 0 Å². The van der Waals surface area contributed by atoms with Gasteiger partial charge >= 0.3 is 0 Å². The van der Waals surface area contributed by atoms with Crippen molar-refractivity contribution >= 4 is 0 Å². The molecule has 2 rings (SSSR count). The van der Waals surface area contributed by atoms with Crippen LogP contribution in [0.3, 0.4) is 0 Å². The molecule has 1 aliphatic carbocycles. The first-order valence-electron chi connectivity index (χ1n) is 6.57. The van der Waals surface area contributed by atoms with Crippen LogP contribution < -0.4 is 5.32 Å². The zero-order valence-corrected chi connectivity index (χ0v) is 10.5. The Kier molecular flexibility index (Phi) is 4.00. The van der Waals surface area contributed by atoms with Crippen molar-refractivity contribution in [2.75, 3.05) is 13.1 Å². The van der Waals surface area contributed by atoms with E-state index < -0.39 is 0 Å². The minimum absolute atomic E-state index is 0.809. The van der Waals surface area contributed by atoms with E-state index in [4.69, 9.17) is 0 Å². The van der Waals surface area contributed by atoms with E-state index in [9.17, 15) is 0 Å². The molecule has 0 aliphatic heterocycles. The van der Waals surface area contributed by atoms with Crippen LogP contribution in [0, 0.1) is 11.8 Å². The third kappa shape index (κ3) is 2.85. The largest absolute Gasteiger partial charge is 0.316 e. The first-order valence-corrected chi connectivity index (χ1v) is 6.57. The van der Waals surface area contributed by atoms with Crippen LogP contribution in [0.25, 0.3) is 0 Å². The number of hydrogen-bond donors (Lipinski definition) is 1. The first kappa shape index (κ1) is 11.7. The quantitative estimate of drug-likeness (QED) is 0.799. The van der Waals surface area contributed by atoms with Crippen LogP contribution in [0.5, 0.6) is 0 Å². The fourth-order valence-corrected chi connectivity index (χ4v) is 2.47. The molecule has 1 nitrogen and oxygen atoms in total. The molecule has 1 aromatic rings. The van der Waals surface area contributed by atoms with Crippen LogP contribution >= 0.6 is 0 Å². The summed E-state index contributed by atoms with van der Waals surface area (Å²) in [5.74, 6) is 1.63. The normalized spacial score (nSPS) is 17.4. The van der Waals surface area contributed by atoms with Gasteiger partial charge in [-0.05, 0) is 48.9 Å². The summed E-state index contributed by atoms with van der Waals surface area (Å²) in [6, 6.07) is 8.88. The molecule has 0 radical (unpaired) electrons. The Morgan fingerprint density at radius 2 is 1.88 bits per heavy atom. The van der Waals surface area contributed by atoms with E-state index in [0.29, 0.717) is 0 Å². The lowest BCUT2D eigenvalue weighted by molar-refractivity contribution is 0.443. The lowest BCUT2D eigenvalue weighted by Crippen LogP contribution is -2.27. The van der Waals surface area contributed by atoms with E-state index in [1.807, 2.05) is 0 Å². The van der Waals surface area contributed by atoms with Crippen LogP contribution in [-0.2, 0) is 12.8 Å². The summed E-state index contributed by atoms with van der Waals surface area (Å²) in [5, 5.41) is 3.61. The number of benzene rings is 1. The Bertz CT molecular complexity index is 307. The Morgan fingerprint density at radius 1 is 1.25 bits per heavy atom. The van der Waals surface area contributed by atoms with E-state index in [1.165, 1.54) is 32.4 Å². The summed E-state index contributed by atoms with van der Waals surface area (Å²) < 4.78 is 0. The molecule has 1 N–H and O–H groups in total. The van der Waals surface area contributed by atoms with Crippen LogP contribution in [-0.4, -0.2) is 13.1 Å². The fourth-order valence-electron chi connectivity index (χ4n) is 2.47. The van der Waals surface area contributed by atoms with Crippen molar-refractivity contribution in [2.45, 2.75) is 33.1 Å². The van der Waals surface area contributed by atoms with E-state index in [-0.39, 0.29) is 0 Å². The maximum atomic E-state index is 3.61. The van der Waals surface area contributed by atoms with Crippen molar-refractivity contribution in [2.24, 2.45) is 11.8 Å². The fraction of sp³-hybridized carbons (Fsp3) is 0.600. The molecular weight excluding hydrogens is 194 g/mol. The van der Waals surface area contributed by atoms with Gasteiger partial charge in [-0.2, -0.15) is 0 Å². The SMILES string of the molecule is CCC(C)CNCC1Cc2ccccc2C1. The molecule has 88 valence electrons. The van der Waals surface area contributed by atoms with Gasteiger partial charge in [-0.1, -0.05) is 44.5 Å². The van der Waals surface area contributed by atoms with Gasteiger partial charge in [0.05, 0.1) is 0 Å². The van der Waals surface area contributed by atoms with Gasteiger partial charge in [-0.15, -0.1) is 0 Å². The summed E-state index contributed by atoms with van der Waals surface area (Å²) in [6.45, 7) is 6.93. The van der Waals surface area contributed by atoms with Crippen molar-refractivity contribution in [3.8, 4) is 0 Å². The molecule has 0 spiro atoms. The van der Waals surface area contributed by atoms with Crippen molar-refractivity contribution in [3.05, 3.63) is 35.4 Å². The topological polar surface area (TPSA) is 12.0 Å². The number of rotatable bonds is 5. The highest BCUT2D eigenvalue weighted by Crippen LogP contribution is 2.25. The van der Waals surface area contributed by atoms with Gasteiger partial charge in [0.1, 0.15) is 0 Å². The van der Waals surface area contributed by atoms with Gasteiger partial charge in [0.15, 0.2) is 0 Å². The van der Waals surface area contributed by atoms with Gasteiger partial charge in [0.25, 0.3) is 0 Å². The monoisotopic (exact) mass is 217 g/mol. The van der Waals surface area contributed by atoms with Gasteiger partial charge in [0, 0.05) is 0 Å². The predicted molar refractivity (Wildman–Crippen MR) is 69.7 cm³/mol. The van der Waals surface area contributed by atoms with E-state index in [1.54, 1.807) is 11.1 Å². The molecule has 1 heteroatoms. The van der Waals surface area contributed by atoms with Crippen molar-refractivity contribution in [1.82, 2.24) is 5.32 Å². The maximum absolute atomic E-state index is 3.61. The second kappa shape index (κ2) is 5.49. The maximum Gasteiger partial charge on any atom is -0.00140 e. The third-order valence-corrected chi connectivity index (χ3v) is 3.76. The van der Waals surface area contributed by atoms with E-state index in [0.717, 1.165) is 11.8 Å². The van der Waals surface area contributed by atoms with Gasteiger partial charge in [-0.3, -0.25) is 0 Å². The predicted octanol–water partition coefficient (Wildman–Crippen LogP) is 3.04. The first-order chi connectivity index (χ1) is 7.79.